The summed E-state index contributed by atoms with van der Waals surface area (Å²) in [6.07, 6.45) is 0. The van der Waals surface area contributed by atoms with Crippen LogP contribution in [0.15, 0.2) is 42.5 Å². The number of hydrogen-bond donors (Lipinski definition) is 2. The van der Waals surface area contributed by atoms with Crippen molar-refractivity contribution in [1.29, 1.82) is 0 Å². The molecule has 212 valence electrons. The van der Waals surface area contributed by atoms with E-state index < -0.39 is 73.2 Å². The maximum Gasteiger partial charge on any atom is 0.346 e. The van der Waals surface area contributed by atoms with E-state index in [2.05, 4.69) is 0 Å². The molecule has 0 aliphatic carbocycles. The molecule has 0 unspecified atom stereocenters. The van der Waals surface area contributed by atoms with Gasteiger partial charge in [-0.1, -0.05) is 0 Å². The van der Waals surface area contributed by atoms with Gasteiger partial charge in [0.1, 0.15) is 13.2 Å². The molecular weight excluding hydrogens is 552 g/mol. The molecule has 3 aromatic rings. The van der Waals surface area contributed by atoms with Crippen LogP contribution in [0.5, 0.6) is 0 Å². The molecule has 0 spiro atoms. The number of nitro groups is 4. The van der Waals surface area contributed by atoms with Gasteiger partial charge in [0.2, 0.25) is 0 Å². The summed E-state index contributed by atoms with van der Waals surface area (Å²) in [6, 6.07) is 6.77. The Morgan fingerprint density at radius 1 is 0.683 bits per heavy atom. The second-order valence-corrected chi connectivity index (χ2v) is 8.25. The number of ether oxygens (including phenoxy) is 2. The summed E-state index contributed by atoms with van der Waals surface area (Å²) in [4.78, 5) is 66.5. The number of nitrogens with zero attached hydrogens (tertiary/aromatic N) is 4. The number of nitrogens with two attached hydrogens (primary N) is 2. The second kappa shape index (κ2) is 11.7. The van der Waals surface area contributed by atoms with Gasteiger partial charge in [-0.15, -0.1) is 0 Å². The van der Waals surface area contributed by atoms with Crippen LogP contribution in [-0.2, 0) is 22.7 Å². The number of carbonyl (C=O) groups is 2. The number of esters is 2. The molecule has 0 radical (unpaired) electrons. The highest BCUT2D eigenvalue weighted by molar-refractivity contribution is 6.06. The number of rotatable bonds is 10. The summed E-state index contributed by atoms with van der Waals surface area (Å²) in [5.74, 6) is -2.24. The molecule has 0 aromatic heterocycles. The quantitative estimate of drug-likeness (QED) is 0.153. The molecule has 0 saturated heterocycles. The minimum Gasteiger partial charge on any atom is -0.457 e. The normalized spacial score (nSPS) is 10.5. The van der Waals surface area contributed by atoms with Crippen molar-refractivity contribution < 1.29 is 38.8 Å². The summed E-state index contributed by atoms with van der Waals surface area (Å²) < 4.78 is 10.3. The van der Waals surface area contributed by atoms with E-state index >= 15 is 0 Å². The molecule has 0 atom stereocenters. The number of hydrogen-bond acceptors (Lipinski definition) is 14. The highest BCUT2D eigenvalue weighted by atomic mass is 16.6. The smallest absolute Gasteiger partial charge is 0.346 e. The standard InChI is InChI=1S/C23H18N6O12/c1-11-20(23(31)41-10-13-3-5-17(27(34)35)19(7-13)29(38)39)14(8-15(24)21(11)25)22(30)40-9-12-2-4-16(26(32)33)18(6-12)28(36)37/h2-8H,9-10,24-25H2,1H3. The fourth-order valence-corrected chi connectivity index (χ4v) is 3.65. The van der Waals surface area contributed by atoms with Gasteiger partial charge >= 0.3 is 34.7 Å². The fraction of sp³-hybridized carbons (Fsp3) is 0.130. The third kappa shape index (κ3) is 6.28. The van der Waals surface area contributed by atoms with Crippen LogP contribution in [0, 0.1) is 47.4 Å². The average molecular weight is 570 g/mol. The van der Waals surface area contributed by atoms with Crippen molar-refractivity contribution in [3.05, 3.63) is 111 Å². The monoisotopic (exact) mass is 570 g/mol. The molecule has 3 aromatic carbocycles. The van der Waals surface area contributed by atoms with E-state index in [1.54, 1.807) is 0 Å². The van der Waals surface area contributed by atoms with Gasteiger partial charge in [-0.25, -0.2) is 9.59 Å². The van der Waals surface area contributed by atoms with Crippen LogP contribution in [-0.4, -0.2) is 31.6 Å². The Kier molecular flexibility index (Phi) is 8.36. The van der Waals surface area contributed by atoms with Crippen molar-refractivity contribution in [2.45, 2.75) is 20.1 Å². The summed E-state index contributed by atoms with van der Waals surface area (Å²) in [7, 11) is 0. The molecule has 4 N–H and O–H groups in total. The maximum absolute atomic E-state index is 13.0. The Hall–Kier alpha value is -6.20. The molecule has 18 heteroatoms. The summed E-state index contributed by atoms with van der Waals surface area (Å²) >= 11 is 0. The topological polar surface area (TPSA) is 277 Å². The highest BCUT2D eigenvalue weighted by Crippen LogP contribution is 2.31. The summed E-state index contributed by atoms with van der Waals surface area (Å²) in [6.45, 7) is 0.194. The van der Waals surface area contributed by atoms with Crippen LogP contribution in [0.1, 0.15) is 37.4 Å². The number of carbonyl (C=O) groups excluding carboxylic acids is 2. The Labute approximate surface area is 227 Å². The number of nitrogen functional groups attached to an aromatic ring is 2. The minimum atomic E-state index is -1.13. The number of anilines is 2. The highest BCUT2D eigenvalue weighted by Gasteiger charge is 2.28. The van der Waals surface area contributed by atoms with Crippen molar-refractivity contribution in [1.82, 2.24) is 0 Å². The first-order valence-corrected chi connectivity index (χ1v) is 11.1. The predicted octanol–water partition coefficient (Wildman–Crippen LogP) is 3.51. The van der Waals surface area contributed by atoms with E-state index in [1.807, 2.05) is 0 Å². The van der Waals surface area contributed by atoms with Crippen LogP contribution < -0.4 is 11.5 Å². The molecule has 0 heterocycles. The van der Waals surface area contributed by atoms with Crippen molar-refractivity contribution in [3.8, 4) is 0 Å². The number of nitro benzene ring substituents is 4. The predicted molar refractivity (Wildman–Crippen MR) is 138 cm³/mol. The van der Waals surface area contributed by atoms with Gasteiger partial charge < -0.3 is 20.9 Å². The lowest BCUT2D eigenvalue weighted by Gasteiger charge is -2.15. The number of benzene rings is 3. The lowest BCUT2D eigenvalue weighted by atomic mass is 9.98. The third-order valence-corrected chi connectivity index (χ3v) is 5.69. The van der Waals surface area contributed by atoms with Gasteiger partial charge in [-0.05, 0) is 41.8 Å². The van der Waals surface area contributed by atoms with Crippen LogP contribution in [0.4, 0.5) is 34.1 Å². The second-order valence-electron chi connectivity index (χ2n) is 8.25. The van der Waals surface area contributed by atoms with Gasteiger partial charge in [0, 0.05) is 24.3 Å². The molecule has 0 bridgehead atoms. The zero-order valence-electron chi connectivity index (χ0n) is 20.8. The molecule has 18 nitrogen and oxygen atoms in total. The minimum absolute atomic E-state index is 0.0275. The third-order valence-electron chi connectivity index (χ3n) is 5.69. The van der Waals surface area contributed by atoms with Crippen molar-refractivity contribution in [2.75, 3.05) is 11.5 Å². The van der Waals surface area contributed by atoms with E-state index in [0.717, 1.165) is 42.5 Å². The van der Waals surface area contributed by atoms with Gasteiger partial charge in [0.25, 0.3) is 0 Å². The molecule has 0 amide bonds. The van der Waals surface area contributed by atoms with E-state index in [0.29, 0.717) is 0 Å². The van der Waals surface area contributed by atoms with Crippen molar-refractivity contribution >= 4 is 46.1 Å². The summed E-state index contributed by atoms with van der Waals surface area (Å²) in [5.41, 5.74) is 7.71. The Morgan fingerprint density at radius 3 is 1.51 bits per heavy atom. The maximum atomic E-state index is 13.0. The van der Waals surface area contributed by atoms with Gasteiger partial charge in [0.05, 0.1) is 42.2 Å². The SMILES string of the molecule is Cc1c(N)c(N)cc(C(=O)OCc2ccc([N+](=O)[O-])c([N+](=O)[O-])c2)c1C(=O)OCc1ccc([N+](=O)[O-])c([N+](=O)[O-])c1. The first kappa shape index (κ1) is 29.4. The van der Waals surface area contributed by atoms with E-state index in [-0.39, 0.29) is 33.6 Å². The summed E-state index contributed by atoms with van der Waals surface area (Å²) in [5, 5.41) is 44.4. The fourth-order valence-electron chi connectivity index (χ4n) is 3.65. The van der Waals surface area contributed by atoms with E-state index in [4.69, 9.17) is 20.9 Å². The van der Waals surface area contributed by atoms with Crippen molar-refractivity contribution in [3.63, 3.8) is 0 Å². The molecule has 0 saturated carbocycles. The Morgan fingerprint density at radius 2 is 1.10 bits per heavy atom. The largest absolute Gasteiger partial charge is 0.457 e. The molecular formula is C23H18N6O12. The van der Waals surface area contributed by atoms with Gasteiger partial charge in [-0.2, -0.15) is 0 Å². The van der Waals surface area contributed by atoms with Crippen molar-refractivity contribution in [2.24, 2.45) is 0 Å². The lowest BCUT2D eigenvalue weighted by Crippen LogP contribution is -2.18. The van der Waals surface area contributed by atoms with Crippen LogP contribution >= 0.6 is 0 Å². The Balaban J connectivity index is 1.87. The molecule has 0 fully saturated rings. The average Bonchev–Trinajstić information content (AvgIpc) is 2.92. The Bertz CT molecular complexity index is 1640. The van der Waals surface area contributed by atoms with Crippen LogP contribution in [0.25, 0.3) is 0 Å². The zero-order valence-corrected chi connectivity index (χ0v) is 20.8. The van der Waals surface area contributed by atoms with Gasteiger partial charge in [0.15, 0.2) is 0 Å². The first-order valence-electron chi connectivity index (χ1n) is 11.1. The molecule has 3 rings (SSSR count). The molecule has 0 aliphatic rings. The molecule has 41 heavy (non-hydrogen) atoms. The van der Waals surface area contributed by atoms with Crippen LogP contribution in [0.2, 0.25) is 0 Å². The lowest BCUT2D eigenvalue weighted by molar-refractivity contribution is -0.422. The zero-order chi connectivity index (χ0) is 30.6. The van der Waals surface area contributed by atoms with Gasteiger partial charge in [-0.3, -0.25) is 40.5 Å². The van der Waals surface area contributed by atoms with E-state index in [1.165, 1.54) is 6.92 Å². The first-order chi connectivity index (χ1) is 19.2. The van der Waals surface area contributed by atoms with Crippen LogP contribution in [0.3, 0.4) is 0 Å². The van der Waals surface area contributed by atoms with E-state index in [9.17, 15) is 50.0 Å². The molecule has 0 aliphatic heterocycles.